The Morgan fingerprint density at radius 1 is 0.977 bits per heavy atom. The summed E-state index contributed by atoms with van der Waals surface area (Å²) in [6, 6.07) is 13.7. The molecule has 1 saturated heterocycles. The molecule has 7 rings (SSSR count). The van der Waals surface area contributed by atoms with E-state index in [-0.39, 0.29) is 5.82 Å². The van der Waals surface area contributed by atoms with Gasteiger partial charge in [0.15, 0.2) is 5.13 Å². The summed E-state index contributed by atoms with van der Waals surface area (Å²) in [5.41, 5.74) is 4.89. The standard InChI is InChI=1S/C33H34FN9S/c1-3-27-31(41(2)33-40-30(28(17-35)44-33)21-7-10-24(34)11-8-21)43-20-22(9-12-29(43)39-27)23-18-36-32(37-19-23)42-15-13-26(14-16-42)38-25-5-4-6-25/h7-12,18-20,25-26,38H,3-6,13-16H2,1-2H3. The molecule has 0 spiro atoms. The van der Waals surface area contributed by atoms with Crippen molar-refractivity contribution in [1.29, 1.82) is 5.26 Å². The second-order valence-electron chi connectivity index (χ2n) is 11.6. The molecule has 224 valence electrons. The number of pyridine rings is 1. The van der Waals surface area contributed by atoms with Crippen LogP contribution < -0.4 is 15.1 Å². The maximum absolute atomic E-state index is 13.5. The molecule has 1 saturated carbocycles. The van der Waals surface area contributed by atoms with Crippen LogP contribution in [0.15, 0.2) is 55.0 Å². The average Bonchev–Trinajstić information content (AvgIpc) is 3.65. The van der Waals surface area contributed by atoms with Crippen molar-refractivity contribution in [3.63, 3.8) is 0 Å². The fourth-order valence-electron chi connectivity index (χ4n) is 6.05. The normalized spacial score (nSPS) is 15.8. The monoisotopic (exact) mass is 607 g/mol. The quantitative estimate of drug-likeness (QED) is 0.217. The molecule has 1 aliphatic heterocycles. The first-order valence-corrected chi connectivity index (χ1v) is 16.1. The second kappa shape index (κ2) is 11.9. The molecule has 0 amide bonds. The molecular weight excluding hydrogens is 573 g/mol. The Kier molecular flexibility index (Phi) is 7.70. The van der Waals surface area contributed by atoms with Crippen LogP contribution in [0.5, 0.6) is 0 Å². The van der Waals surface area contributed by atoms with Crippen molar-refractivity contribution in [3.8, 4) is 28.5 Å². The molecule has 9 nitrogen and oxygen atoms in total. The van der Waals surface area contributed by atoms with E-state index in [1.54, 1.807) is 12.1 Å². The fraction of sp³-hybridized carbons (Fsp3) is 0.364. The van der Waals surface area contributed by atoms with Gasteiger partial charge in [-0.1, -0.05) is 24.7 Å². The topological polar surface area (TPSA) is 98.3 Å². The van der Waals surface area contributed by atoms with Crippen molar-refractivity contribution in [1.82, 2.24) is 29.7 Å². The summed E-state index contributed by atoms with van der Waals surface area (Å²) in [5, 5.41) is 14.3. The number of anilines is 3. The summed E-state index contributed by atoms with van der Waals surface area (Å²) in [4.78, 5) is 23.9. The third kappa shape index (κ3) is 5.40. The van der Waals surface area contributed by atoms with Crippen LogP contribution in [-0.4, -0.2) is 56.6 Å². The molecular formula is C33H34FN9S. The van der Waals surface area contributed by atoms with E-state index < -0.39 is 0 Å². The van der Waals surface area contributed by atoms with Crippen LogP contribution in [0.1, 0.15) is 49.6 Å². The van der Waals surface area contributed by atoms with Crippen LogP contribution in [0.4, 0.5) is 21.3 Å². The van der Waals surface area contributed by atoms with E-state index in [0.717, 1.165) is 72.6 Å². The van der Waals surface area contributed by atoms with E-state index >= 15 is 0 Å². The first kappa shape index (κ1) is 28.4. The molecule has 44 heavy (non-hydrogen) atoms. The summed E-state index contributed by atoms with van der Waals surface area (Å²) < 4.78 is 15.6. The van der Waals surface area contributed by atoms with Crippen molar-refractivity contribution in [2.24, 2.45) is 0 Å². The fourth-order valence-corrected chi connectivity index (χ4v) is 6.90. The number of piperidine rings is 1. The number of nitrogens with one attached hydrogen (secondary N) is 1. The highest BCUT2D eigenvalue weighted by atomic mass is 32.1. The van der Waals surface area contributed by atoms with E-state index in [2.05, 4.69) is 33.8 Å². The van der Waals surface area contributed by atoms with Crippen LogP contribution in [0.2, 0.25) is 0 Å². The molecule has 1 aromatic carbocycles. The minimum absolute atomic E-state index is 0.328. The van der Waals surface area contributed by atoms with Gasteiger partial charge in [0.1, 0.15) is 33.9 Å². The Morgan fingerprint density at radius 2 is 1.68 bits per heavy atom. The zero-order chi connectivity index (χ0) is 30.2. The maximum Gasteiger partial charge on any atom is 0.225 e. The van der Waals surface area contributed by atoms with Gasteiger partial charge in [0.2, 0.25) is 5.95 Å². The number of thiazole rings is 1. The lowest BCUT2D eigenvalue weighted by atomic mass is 9.91. The molecule has 5 heterocycles. The molecule has 1 N–H and O–H groups in total. The Labute approximate surface area is 260 Å². The molecule has 2 aliphatic rings. The Morgan fingerprint density at radius 3 is 2.34 bits per heavy atom. The highest BCUT2D eigenvalue weighted by molar-refractivity contribution is 7.16. The number of hydrogen-bond donors (Lipinski definition) is 1. The van der Waals surface area contributed by atoms with Crippen LogP contribution in [0.3, 0.4) is 0 Å². The molecule has 0 atom stereocenters. The van der Waals surface area contributed by atoms with Gasteiger partial charge in [-0.15, -0.1) is 0 Å². The van der Waals surface area contributed by atoms with E-state index in [1.165, 1.54) is 42.7 Å². The largest absolute Gasteiger partial charge is 0.341 e. The Balaban J connectivity index is 1.14. The van der Waals surface area contributed by atoms with Gasteiger partial charge in [0.25, 0.3) is 0 Å². The SMILES string of the molecule is CCc1nc2ccc(-c3cnc(N4CCC(NC5CCC5)CC4)nc3)cn2c1N(C)c1nc(-c2ccc(F)cc2)c(C#N)s1. The summed E-state index contributed by atoms with van der Waals surface area (Å²) >= 11 is 1.31. The minimum Gasteiger partial charge on any atom is -0.341 e. The number of aryl methyl sites for hydroxylation is 1. The van der Waals surface area contributed by atoms with Gasteiger partial charge < -0.3 is 15.1 Å². The van der Waals surface area contributed by atoms with Crippen LogP contribution in [0.25, 0.3) is 28.0 Å². The zero-order valence-corrected chi connectivity index (χ0v) is 25.7. The molecule has 0 radical (unpaired) electrons. The Bertz CT molecular complexity index is 1810. The van der Waals surface area contributed by atoms with Crippen molar-refractivity contribution in [2.45, 2.75) is 57.5 Å². The van der Waals surface area contributed by atoms with E-state index in [9.17, 15) is 9.65 Å². The number of hydrogen-bond acceptors (Lipinski definition) is 9. The first-order valence-electron chi connectivity index (χ1n) is 15.3. The summed E-state index contributed by atoms with van der Waals surface area (Å²) in [6.45, 7) is 4.01. The average molecular weight is 608 g/mol. The maximum atomic E-state index is 13.5. The number of aromatic nitrogens is 5. The van der Waals surface area contributed by atoms with Gasteiger partial charge in [-0.05, 0) is 68.5 Å². The molecule has 2 fully saturated rings. The predicted molar refractivity (Wildman–Crippen MR) is 172 cm³/mol. The minimum atomic E-state index is -0.328. The highest BCUT2D eigenvalue weighted by Crippen LogP contribution is 2.37. The third-order valence-electron chi connectivity index (χ3n) is 8.76. The summed E-state index contributed by atoms with van der Waals surface area (Å²) in [6.07, 6.45) is 12.8. The number of benzene rings is 1. The lowest BCUT2D eigenvalue weighted by Crippen LogP contribution is -2.48. The zero-order valence-electron chi connectivity index (χ0n) is 24.9. The lowest BCUT2D eigenvalue weighted by molar-refractivity contribution is 0.279. The molecule has 1 aliphatic carbocycles. The molecule has 5 aromatic rings. The second-order valence-corrected chi connectivity index (χ2v) is 12.5. The van der Waals surface area contributed by atoms with Crippen LogP contribution in [0, 0.1) is 17.1 Å². The number of fused-ring (bicyclic) bond motifs is 1. The third-order valence-corrected chi connectivity index (χ3v) is 9.80. The van der Waals surface area contributed by atoms with Crippen molar-refractivity contribution in [2.75, 3.05) is 29.9 Å². The molecule has 11 heteroatoms. The summed E-state index contributed by atoms with van der Waals surface area (Å²) in [5.74, 6) is 1.33. The molecule has 0 unspecified atom stereocenters. The van der Waals surface area contributed by atoms with Crippen LogP contribution in [-0.2, 0) is 6.42 Å². The highest BCUT2D eigenvalue weighted by Gasteiger charge is 2.26. The van der Waals surface area contributed by atoms with E-state index in [4.69, 9.17) is 19.9 Å². The lowest BCUT2D eigenvalue weighted by Gasteiger charge is -2.37. The van der Waals surface area contributed by atoms with Crippen molar-refractivity contribution in [3.05, 3.63) is 71.4 Å². The number of nitriles is 1. The van der Waals surface area contributed by atoms with E-state index in [0.29, 0.717) is 27.3 Å². The van der Waals surface area contributed by atoms with Gasteiger partial charge in [-0.25, -0.2) is 24.3 Å². The summed E-state index contributed by atoms with van der Waals surface area (Å²) in [7, 11) is 1.94. The number of nitrogens with zero attached hydrogens (tertiary/aromatic N) is 8. The van der Waals surface area contributed by atoms with Crippen molar-refractivity contribution >= 4 is 33.9 Å². The van der Waals surface area contributed by atoms with E-state index in [1.807, 2.05) is 36.5 Å². The number of rotatable bonds is 8. The van der Waals surface area contributed by atoms with Gasteiger partial charge in [-0.2, -0.15) is 5.26 Å². The molecule has 4 aromatic heterocycles. The van der Waals surface area contributed by atoms with Gasteiger partial charge in [0, 0.05) is 67.5 Å². The number of halogens is 1. The van der Waals surface area contributed by atoms with Crippen LogP contribution >= 0.6 is 11.3 Å². The first-order chi connectivity index (χ1) is 21.5. The number of imidazole rings is 1. The van der Waals surface area contributed by atoms with Gasteiger partial charge in [0.05, 0.1) is 5.69 Å². The Hall–Kier alpha value is -4.40. The van der Waals surface area contributed by atoms with Crippen molar-refractivity contribution < 1.29 is 4.39 Å². The van der Waals surface area contributed by atoms with Gasteiger partial charge >= 0.3 is 0 Å². The van der Waals surface area contributed by atoms with Gasteiger partial charge in [-0.3, -0.25) is 4.40 Å². The predicted octanol–water partition coefficient (Wildman–Crippen LogP) is 6.37. The smallest absolute Gasteiger partial charge is 0.225 e. The molecule has 0 bridgehead atoms.